The first-order valence-electron chi connectivity index (χ1n) is 6.41. The molecule has 1 heterocycles. The number of nitriles is 1. The highest BCUT2D eigenvalue weighted by atomic mass is 16.5. The minimum Gasteiger partial charge on any atom is -0.479 e. The molecule has 0 aliphatic carbocycles. The Kier molecular flexibility index (Phi) is 4.69. The van der Waals surface area contributed by atoms with E-state index in [1.807, 2.05) is 37.3 Å². The molecule has 6 nitrogen and oxygen atoms in total. The highest BCUT2D eigenvalue weighted by molar-refractivity contribution is 5.29. The molecule has 2 rings (SSSR count). The molecule has 2 atom stereocenters. The van der Waals surface area contributed by atoms with Crippen LogP contribution in [0.2, 0.25) is 0 Å². The van der Waals surface area contributed by atoms with E-state index in [2.05, 4.69) is 27.4 Å². The number of hydrogen-bond donors (Lipinski definition) is 2. The molecule has 104 valence electrons. The Hall–Kier alpha value is -2.39. The number of ether oxygens (including phenoxy) is 1. The van der Waals surface area contributed by atoms with Gasteiger partial charge in [-0.2, -0.15) is 10.4 Å². The van der Waals surface area contributed by atoms with Crippen molar-refractivity contribution in [2.75, 3.05) is 6.61 Å². The van der Waals surface area contributed by atoms with Crippen LogP contribution in [0.5, 0.6) is 5.75 Å². The zero-order valence-corrected chi connectivity index (χ0v) is 11.5. The van der Waals surface area contributed by atoms with Crippen LogP contribution in [0.3, 0.4) is 0 Å². The Morgan fingerprint density at radius 1 is 1.30 bits per heavy atom. The van der Waals surface area contributed by atoms with Crippen molar-refractivity contribution in [1.82, 2.24) is 20.5 Å². The van der Waals surface area contributed by atoms with Crippen LogP contribution >= 0.6 is 0 Å². The van der Waals surface area contributed by atoms with Gasteiger partial charge in [0.15, 0.2) is 6.61 Å². The first-order valence-corrected chi connectivity index (χ1v) is 6.41. The normalized spacial score (nSPS) is 13.4. The van der Waals surface area contributed by atoms with E-state index in [0.29, 0.717) is 5.75 Å². The van der Waals surface area contributed by atoms with Gasteiger partial charge in [0.25, 0.3) is 0 Å². The summed E-state index contributed by atoms with van der Waals surface area (Å²) in [5, 5.41) is 18.6. The highest BCUT2D eigenvalue weighted by Crippen LogP contribution is 2.20. The number of hydrogen-bond acceptors (Lipinski definition) is 5. The van der Waals surface area contributed by atoms with Crippen molar-refractivity contribution in [2.45, 2.75) is 25.9 Å². The molecule has 0 aliphatic heterocycles. The monoisotopic (exact) mass is 271 g/mol. The summed E-state index contributed by atoms with van der Waals surface area (Å²) < 4.78 is 5.23. The molecule has 1 aromatic heterocycles. The molecule has 0 aliphatic rings. The standard InChI is InChI=1S/C14H17N5O/c1-10(18-11(2)14-16-9-17-19-14)12-3-5-13(6-4-12)20-8-7-15/h3-6,9-11,18H,8H2,1-2H3,(H,16,17,19). The van der Waals surface area contributed by atoms with Crippen LogP contribution in [0.15, 0.2) is 30.6 Å². The van der Waals surface area contributed by atoms with E-state index < -0.39 is 0 Å². The molecule has 2 unspecified atom stereocenters. The van der Waals surface area contributed by atoms with Crippen molar-refractivity contribution in [2.24, 2.45) is 0 Å². The lowest BCUT2D eigenvalue weighted by Crippen LogP contribution is -2.23. The van der Waals surface area contributed by atoms with E-state index >= 15 is 0 Å². The van der Waals surface area contributed by atoms with Gasteiger partial charge >= 0.3 is 0 Å². The lowest BCUT2D eigenvalue weighted by atomic mass is 10.1. The molecule has 0 bridgehead atoms. The molecule has 20 heavy (non-hydrogen) atoms. The number of benzene rings is 1. The topological polar surface area (TPSA) is 86.6 Å². The number of rotatable bonds is 6. The van der Waals surface area contributed by atoms with Crippen molar-refractivity contribution in [3.8, 4) is 11.8 Å². The van der Waals surface area contributed by atoms with Crippen molar-refractivity contribution >= 4 is 0 Å². The molecule has 0 radical (unpaired) electrons. The van der Waals surface area contributed by atoms with Gasteiger partial charge in [-0.15, -0.1) is 0 Å². The third kappa shape index (κ3) is 3.56. The molecule has 0 fully saturated rings. The van der Waals surface area contributed by atoms with Crippen LogP contribution in [0.1, 0.15) is 37.3 Å². The Morgan fingerprint density at radius 3 is 2.65 bits per heavy atom. The number of aromatic amines is 1. The van der Waals surface area contributed by atoms with Crippen LogP contribution in [-0.2, 0) is 0 Å². The molecule has 1 aromatic carbocycles. The minimum atomic E-state index is 0.0652. The van der Waals surface area contributed by atoms with E-state index in [0.717, 1.165) is 11.4 Å². The summed E-state index contributed by atoms with van der Waals surface area (Å²) in [6, 6.07) is 9.89. The van der Waals surface area contributed by atoms with Gasteiger partial charge in [0.05, 0.1) is 6.04 Å². The largest absolute Gasteiger partial charge is 0.479 e. The smallest absolute Gasteiger partial charge is 0.174 e. The van der Waals surface area contributed by atoms with E-state index in [-0.39, 0.29) is 18.7 Å². The van der Waals surface area contributed by atoms with Crippen LogP contribution in [-0.4, -0.2) is 21.8 Å². The second kappa shape index (κ2) is 6.68. The lowest BCUT2D eigenvalue weighted by molar-refractivity contribution is 0.368. The zero-order chi connectivity index (χ0) is 14.4. The summed E-state index contributed by atoms with van der Waals surface area (Å²) >= 11 is 0. The van der Waals surface area contributed by atoms with Gasteiger partial charge in [-0.05, 0) is 31.5 Å². The van der Waals surface area contributed by atoms with Gasteiger partial charge in [0, 0.05) is 6.04 Å². The van der Waals surface area contributed by atoms with Gasteiger partial charge in [-0.25, -0.2) is 4.98 Å². The van der Waals surface area contributed by atoms with Crippen molar-refractivity contribution in [3.63, 3.8) is 0 Å². The van der Waals surface area contributed by atoms with Gasteiger partial charge in [0.2, 0.25) is 0 Å². The molecule has 0 amide bonds. The Bertz CT molecular complexity index is 558. The van der Waals surface area contributed by atoms with Crippen molar-refractivity contribution < 1.29 is 4.74 Å². The van der Waals surface area contributed by atoms with Crippen LogP contribution in [0, 0.1) is 11.3 Å². The van der Waals surface area contributed by atoms with Crippen LogP contribution < -0.4 is 10.1 Å². The molecule has 2 aromatic rings. The first kappa shape index (κ1) is 14.0. The predicted molar refractivity (Wildman–Crippen MR) is 73.9 cm³/mol. The number of H-pyrrole nitrogens is 1. The molecular formula is C14H17N5O. The zero-order valence-electron chi connectivity index (χ0n) is 11.5. The van der Waals surface area contributed by atoms with Crippen LogP contribution in [0.4, 0.5) is 0 Å². The van der Waals surface area contributed by atoms with Crippen molar-refractivity contribution in [1.29, 1.82) is 5.26 Å². The maximum Gasteiger partial charge on any atom is 0.174 e. The fourth-order valence-electron chi connectivity index (χ4n) is 1.94. The van der Waals surface area contributed by atoms with Gasteiger partial charge in [0.1, 0.15) is 24.0 Å². The number of nitrogens with one attached hydrogen (secondary N) is 2. The second-order valence-corrected chi connectivity index (χ2v) is 4.50. The third-order valence-electron chi connectivity index (χ3n) is 3.03. The third-order valence-corrected chi connectivity index (χ3v) is 3.03. The maximum absolute atomic E-state index is 8.46. The summed E-state index contributed by atoms with van der Waals surface area (Å²) in [6.45, 7) is 4.18. The lowest BCUT2D eigenvalue weighted by Gasteiger charge is -2.18. The minimum absolute atomic E-state index is 0.0652. The molecule has 2 N–H and O–H groups in total. The van der Waals surface area contributed by atoms with E-state index in [1.54, 1.807) is 0 Å². The van der Waals surface area contributed by atoms with E-state index in [9.17, 15) is 0 Å². The SMILES string of the molecule is CC(NC(C)c1ncn[nH]1)c1ccc(OCC#N)cc1. The summed E-state index contributed by atoms with van der Waals surface area (Å²) in [4.78, 5) is 4.13. The van der Waals surface area contributed by atoms with Gasteiger partial charge in [-0.3, -0.25) is 5.10 Å². The Balaban J connectivity index is 1.95. The van der Waals surface area contributed by atoms with E-state index in [1.165, 1.54) is 6.33 Å². The summed E-state index contributed by atoms with van der Waals surface area (Å²) in [7, 11) is 0. The second-order valence-electron chi connectivity index (χ2n) is 4.50. The van der Waals surface area contributed by atoms with Crippen LogP contribution in [0.25, 0.3) is 0 Å². The summed E-state index contributed by atoms with van der Waals surface area (Å²) in [5.74, 6) is 1.51. The predicted octanol–water partition coefficient (Wildman–Crippen LogP) is 2.12. The summed E-state index contributed by atoms with van der Waals surface area (Å²) in [6.07, 6.45) is 1.50. The Morgan fingerprint density at radius 2 is 2.05 bits per heavy atom. The molecule has 0 saturated carbocycles. The molecule has 6 heteroatoms. The number of nitrogens with zero attached hydrogens (tertiary/aromatic N) is 3. The average molecular weight is 271 g/mol. The quantitative estimate of drug-likeness (QED) is 0.840. The van der Waals surface area contributed by atoms with Gasteiger partial charge in [-0.1, -0.05) is 12.1 Å². The maximum atomic E-state index is 8.46. The average Bonchev–Trinajstić information content (AvgIpc) is 3.00. The summed E-state index contributed by atoms with van der Waals surface area (Å²) in [5.41, 5.74) is 1.14. The Labute approximate surface area is 117 Å². The molecular weight excluding hydrogens is 254 g/mol. The van der Waals surface area contributed by atoms with Gasteiger partial charge < -0.3 is 10.1 Å². The molecule has 0 saturated heterocycles. The number of aromatic nitrogens is 3. The fraction of sp³-hybridized carbons (Fsp3) is 0.357. The highest BCUT2D eigenvalue weighted by Gasteiger charge is 2.13. The van der Waals surface area contributed by atoms with Crippen molar-refractivity contribution in [3.05, 3.63) is 42.0 Å². The fourth-order valence-corrected chi connectivity index (χ4v) is 1.94. The molecule has 0 spiro atoms. The first-order chi connectivity index (χ1) is 9.70. The van der Waals surface area contributed by atoms with E-state index in [4.69, 9.17) is 10.00 Å².